The Morgan fingerprint density at radius 3 is 2.60 bits per heavy atom. The van der Waals surface area contributed by atoms with E-state index < -0.39 is 0 Å². The first-order valence-electron chi connectivity index (χ1n) is 6.65. The number of aromatic nitrogens is 1. The molecule has 1 heterocycles. The average Bonchev–Trinajstić information content (AvgIpc) is 2.89. The molecule has 0 aliphatic heterocycles. The van der Waals surface area contributed by atoms with E-state index in [2.05, 4.69) is 54.4 Å². The van der Waals surface area contributed by atoms with E-state index in [1.54, 1.807) is 23.1 Å². The maximum Gasteiger partial charge on any atom is 0.155 e. The monoisotopic (exact) mass is 300 g/mol. The van der Waals surface area contributed by atoms with Gasteiger partial charge in [0.2, 0.25) is 0 Å². The molecule has 3 aromatic rings. The van der Waals surface area contributed by atoms with Gasteiger partial charge in [0.1, 0.15) is 0 Å². The molecule has 0 saturated carbocycles. The normalized spacial score (nSPS) is 12.7. The van der Waals surface area contributed by atoms with Crippen LogP contribution in [-0.4, -0.2) is 4.98 Å². The smallest absolute Gasteiger partial charge is 0.155 e. The molecule has 3 rings (SSSR count). The molecule has 0 radical (unpaired) electrons. The van der Waals surface area contributed by atoms with Crippen LogP contribution in [0.4, 0.5) is 0 Å². The number of nitrogens with two attached hydrogens (primary N) is 1. The number of hydrogen-bond acceptors (Lipinski definition) is 4. The van der Waals surface area contributed by atoms with Crippen LogP contribution in [0.2, 0.25) is 0 Å². The number of hydrogen-bond donors (Lipinski definition) is 1. The zero-order valence-electron chi connectivity index (χ0n) is 11.2. The quantitative estimate of drug-likeness (QED) is 0.748. The van der Waals surface area contributed by atoms with Gasteiger partial charge in [-0.1, -0.05) is 43.0 Å². The molecule has 0 aliphatic rings. The van der Waals surface area contributed by atoms with Gasteiger partial charge in [0.25, 0.3) is 0 Å². The van der Waals surface area contributed by atoms with Gasteiger partial charge in [-0.05, 0) is 36.2 Å². The van der Waals surface area contributed by atoms with Crippen molar-refractivity contribution in [3.05, 3.63) is 54.1 Å². The maximum absolute atomic E-state index is 6.03. The molecule has 0 bridgehead atoms. The van der Waals surface area contributed by atoms with Crippen LogP contribution in [0.25, 0.3) is 10.2 Å². The van der Waals surface area contributed by atoms with Gasteiger partial charge in [-0.3, -0.25) is 0 Å². The van der Waals surface area contributed by atoms with Crippen molar-refractivity contribution >= 4 is 33.3 Å². The Hall–Kier alpha value is -1.36. The number of para-hydroxylation sites is 1. The van der Waals surface area contributed by atoms with Gasteiger partial charge in [-0.15, -0.1) is 11.3 Å². The largest absolute Gasteiger partial charge is 0.324 e. The minimum absolute atomic E-state index is 0.136. The van der Waals surface area contributed by atoms with Crippen molar-refractivity contribution < 1.29 is 0 Å². The standard InChI is InChI=1S/C16H16N2S2/c1-2-13(17)11-7-9-12(10-8-11)19-16-18-14-5-3-4-6-15(14)20-16/h3-10,13H,2,17H2,1H3/t13-/m1/s1. The summed E-state index contributed by atoms with van der Waals surface area (Å²) in [5.74, 6) is 0. The first-order chi connectivity index (χ1) is 9.76. The highest BCUT2D eigenvalue weighted by molar-refractivity contribution is 8.01. The van der Waals surface area contributed by atoms with Gasteiger partial charge < -0.3 is 5.73 Å². The van der Waals surface area contributed by atoms with Crippen LogP contribution in [0.15, 0.2) is 57.8 Å². The molecule has 2 N–H and O–H groups in total. The third-order valence-corrected chi connectivity index (χ3v) is 5.33. The molecule has 0 amide bonds. The maximum atomic E-state index is 6.03. The minimum atomic E-state index is 0.136. The van der Waals surface area contributed by atoms with E-state index >= 15 is 0 Å². The fraction of sp³-hybridized carbons (Fsp3) is 0.188. The minimum Gasteiger partial charge on any atom is -0.324 e. The van der Waals surface area contributed by atoms with E-state index in [9.17, 15) is 0 Å². The van der Waals surface area contributed by atoms with Crippen molar-refractivity contribution in [2.75, 3.05) is 0 Å². The topological polar surface area (TPSA) is 38.9 Å². The molecule has 0 spiro atoms. The van der Waals surface area contributed by atoms with Gasteiger partial charge in [-0.25, -0.2) is 4.98 Å². The van der Waals surface area contributed by atoms with Crippen molar-refractivity contribution in [1.29, 1.82) is 0 Å². The second-order valence-corrected chi connectivity index (χ2v) is 6.98. The number of benzene rings is 2. The van der Waals surface area contributed by atoms with E-state index in [4.69, 9.17) is 5.73 Å². The number of nitrogens with zero attached hydrogens (tertiary/aromatic N) is 1. The van der Waals surface area contributed by atoms with Crippen molar-refractivity contribution in [2.45, 2.75) is 28.6 Å². The van der Waals surface area contributed by atoms with Crippen molar-refractivity contribution in [1.82, 2.24) is 4.98 Å². The first kappa shape index (κ1) is 13.6. The lowest BCUT2D eigenvalue weighted by Gasteiger charge is -2.09. The summed E-state index contributed by atoms with van der Waals surface area (Å²) in [5, 5.41) is 0. The molecule has 20 heavy (non-hydrogen) atoms. The summed E-state index contributed by atoms with van der Waals surface area (Å²) < 4.78 is 2.32. The Bertz CT molecular complexity index is 671. The summed E-state index contributed by atoms with van der Waals surface area (Å²) in [6.07, 6.45) is 0.963. The summed E-state index contributed by atoms with van der Waals surface area (Å²) in [6, 6.07) is 16.9. The zero-order valence-corrected chi connectivity index (χ0v) is 12.9. The Morgan fingerprint density at radius 1 is 1.15 bits per heavy atom. The second kappa shape index (κ2) is 5.95. The number of rotatable bonds is 4. The highest BCUT2D eigenvalue weighted by atomic mass is 32.2. The molecule has 0 fully saturated rings. The molecule has 1 atom stereocenters. The van der Waals surface area contributed by atoms with Crippen molar-refractivity contribution in [3.63, 3.8) is 0 Å². The molecule has 2 aromatic carbocycles. The summed E-state index contributed by atoms with van der Waals surface area (Å²) >= 11 is 3.44. The number of thiazole rings is 1. The summed E-state index contributed by atoms with van der Waals surface area (Å²) in [6.45, 7) is 2.11. The molecular formula is C16H16N2S2. The van der Waals surface area contributed by atoms with Gasteiger partial charge in [-0.2, -0.15) is 0 Å². The van der Waals surface area contributed by atoms with Crippen LogP contribution in [0.1, 0.15) is 24.9 Å². The van der Waals surface area contributed by atoms with Crippen molar-refractivity contribution in [2.24, 2.45) is 5.73 Å². The van der Waals surface area contributed by atoms with E-state index in [1.807, 2.05) is 6.07 Å². The Morgan fingerprint density at radius 2 is 1.90 bits per heavy atom. The molecule has 102 valence electrons. The fourth-order valence-corrected chi connectivity index (χ4v) is 4.05. The highest BCUT2D eigenvalue weighted by Gasteiger charge is 2.06. The lowest BCUT2D eigenvalue weighted by atomic mass is 10.1. The molecule has 0 aliphatic carbocycles. The number of fused-ring (bicyclic) bond motifs is 1. The van der Waals surface area contributed by atoms with E-state index in [-0.39, 0.29) is 6.04 Å². The van der Waals surface area contributed by atoms with E-state index in [0.29, 0.717) is 0 Å². The van der Waals surface area contributed by atoms with Crippen LogP contribution in [0, 0.1) is 0 Å². The van der Waals surface area contributed by atoms with Crippen LogP contribution < -0.4 is 5.73 Å². The third-order valence-electron chi connectivity index (χ3n) is 3.23. The van der Waals surface area contributed by atoms with Gasteiger partial charge in [0, 0.05) is 10.9 Å². The lowest BCUT2D eigenvalue weighted by molar-refractivity contribution is 0.698. The predicted molar refractivity (Wildman–Crippen MR) is 87.4 cm³/mol. The van der Waals surface area contributed by atoms with Crippen LogP contribution >= 0.6 is 23.1 Å². The van der Waals surface area contributed by atoms with Crippen LogP contribution in [-0.2, 0) is 0 Å². The van der Waals surface area contributed by atoms with Crippen LogP contribution in [0.3, 0.4) is 0 Å². The molecule has 4 heteroatoms. The Kier molecular flexibility index (Phi) is 4.05. The summed E-state index contributed by atoms with van der Waals surface area (Å²) in [7, 11) is 0. The SMILES string of the molecule is CC[C@@H](N)c1ccc(Sc2nc3ccccc3s2)cc1. The highest BCUT2D eigenvalue weighted by Crippen LogP contribution is 2.34. The molecule has 1 aromatic heterocycles. The van der Waals surface area contributed by atoms with E-state index in [0.717, 1.165) is 16.3 Å². The molecule has 0 saturated heterocycles. The molecular weight excluding hydrogens is 284 g/mol. The van der Waals surface area contributed by atoms with Crippen LogP contribution in [0.5, 0.6) is 0 Å². The Balaban J connectivity index is 1.80. The van der Waals surface area contributed by atoms with E-state index in [1.165, 1.54) is 15.2 Å². The third kappa shape index (κ3) is 2.87. The molecule has 2 nitrogen and oxygen atoms in total. The van der Waals surface area contributed by atoms with Gasteiger partial charge in [0.15, 0.2) is 4.34 Å². The molecule has 0 unspecified atom stereocenters. The first-order valence-corrected chi connectivity index (χ1v) is 8.28. The van der Waals surface area contributed by atoms with Gasteiger partial charge in [0.05, 0.1) is 10.2 Å². The zero-order chi connectivity index (χ0) is 13.9. The Labute approximate surface area is 127 Å². The van der Waals surface area contributed by atoms with Crippen molar-refractivity contribution in [3.8, 4) is 0 Å². The van der Waals surface area contributed by atoms with Gasteiger partial charge >= 0.3 is 0 Å². The fourth-order valence-electron chi connectivity index (χ4n) is 2.01. The predicted octanol–water partition coefficient (Wildman–Crippen LogP) is 4.86. The average molecular weight is 300 g/mol. The lowest BCUT2D eigenvalue weighted by Crippen LogP contribution is -2.07. The summed E-state index contributed by atoms with van der Waals surface area (Å²) in [4.78, 5) is 5.84. The second-order valence-electron chi connectivity index (χ2n) is 4.63. The summed E-state index contributed by atoms with van der Waals surface area (Å²) in [5.41, 5.74) is 8.30.